The minimum absolute atomic E-state index is 0.149. The van der Waals surface area contributed by atoms with Crippen molar-refractivity contribution >= 4 is 41.6 Å². The first-order valence-electron chi connectivity index (χ1n) is 14.4. The number of nitrogens with one attached hydrogen (secondary N) is 1. The maximum absolute atomic E-state index is 13.4. The molecular weight excluding hydrogens is 569 g/mol. The molecule has 2 aliphatic rings. The van der Waals surface area contributed by atoms with Crippen molar-refractivity contribution in [3.05, 3.63) is 22.6 Å². The summed E-state index contributed by atoms with van der Waals surface area (Å²) in [4.78, 5) is 16.4. The Hall–Kier alpha value is -2.29. The molecule has 1 unspecified atom stereocenters. The van der Waals surface area contributed by atoms with Gasteiger partial charge >= 0.3 is 6.18 Å². The van der Waals surface area contributed by atoms with Gasteiger partial charge in [-0.25, -0.2) is 4.98 Å². The molecule has 1 saturated heterocycles. The number of hydrogen-bond donors (Lipinski definition) is 1. The predicted molar refractivity (Wildman–Crippen MR) is 159 cm³/mol. The lowest BCUT2D eigenvalue weighted by atomic mass is 10.2. The van der Waals surface area contributed by atoms with Crippen LogP contribution in [0, 0.1) is 0 Å². The van der Waals surface area contributed by atoms with Gasteiger partial charge < -0.3 is 24.1 Å². The van der Waals surface area contributed by atoms with Crippen molar-refractivity contribution in [2.75, 3.05) is 42.6 Å². The summed E-state index contributed by atoms with van der Waals surface area (Å²) in [6, 6.07) is 2.45. The molecule has 0 radical (unpaired) electrons. The predicted octanol–water partition coefficient (Wildman–Crippen LogP) is 5.46. The molecule has 0 aromatic carbocycles. The number of halogens is 3. The summed E-state index contributed by atoms with van der Waals surface area (Å²) in [5.74, 6) is 0.783. The Balaban J connectivity index is 1.32. The Morgan fingerprint density at radius 3 is 2.59 bits per heavy atom. The molecule has 5 heterocycles. The van der Waals surface area contributed by atoms with Crippen molar-refractivity contribution in [1.82, 2.24) is 30.0 Å². The number of fused-ring (bicyclic) bond motifs is 2. The van der Waals surface area contributed by atoms with Crippen molar-refractivity contribution < 1.29 is 17.6 Å². The Bertz CT molecular complexity index is 1370. The van der Waals surface area contributed by atoms with E-state index < -0.39 is 20.3 Å². The van der Waals surface area contributed by atoms with Gasteiger partial charge in [-0.05, 0) is 37.0 Å². The van der Waals surface area contributed by atoms with Gasteiger partial charge in [0.15, 0.2) is 14.1 Å². The molecule has 226 valence electrons. The van der Waals surface area contributed by atoms with Crippen LogP contribution in [0.15, 0.2) is 6.07 Å². The molecule has 5 rings (SSSR count). The first kappa shape index (κ1) is 30.2. The number of aryl methyl sites for hydroxylation is 1. The molecule has 3 aromatic heterocycles. The average molecular weight is 611 g/mol. The van der Waals surface area contributed by atoms with Crippen molar-refractivity contribution in [2.24, 2.45) is 0 Å². The highest BCUT2D eigenvalue weighted by atomic mass is 32.1. The van der Waals surface area contributed by atoms with E-state index in [2.05, 4.69) is 67.3 Å². The SMILES string of the molecule is CCCc1cc2c(N3CCn4c(nnc4C(F)(F)F)C3)nc(N3CCC(NCCO[Si](C)(C)C(C)(C)C)C3)nc2s1. The quantitative estimate of drug-likeness (QED) is 0.253. The highest BCUT2D eigenvalue weighted by Crippen LogP contribution is 2.37. The van der Waals surface area contributed by atoms with Gasteiger partial charge in [-0.1, -0.05) is 34.1 Å². The third kappa shape index (κ3) is 6.39. The Kier molecular flexibility index (Phi) is 8.40. The van der Waals surface area contributed by atoms with Crippen LogP contribution >= 0.6 is 11.3 Å². The fraction of sp³-hybridized carbons (Fsp3) is 0.704. The zero-order valence-corrected chi connectivity index (χ0v) is 26.6. The van der Waals surface area contributed by atoms with Crippen molar-refractivity contribution in [3.8, 4) is 0 Å². The second-order valence-corrected chi connectivity index (χ2v) is 18.5. The fourth-order valence-electron chi connectivity index (χ4n) is 5.14. The fourth-order valence-corrected chi connectivity index (χ4v) is 7.30. The normalized spacial score (nSPS) is 18.5. The zero-order chi connectivity index (χ0) is 29.6. The summed E-state index contributed by atoms with van der Waals surface area (Å²) in [7, 11) is -1.77. The van der Waals surface area contributed by atoms with Crippen molar-refractivity contribution in [2.45, 2.75) is 90.4 Å². The first-order chi connectivity index (χ1) is 19.3. The number of nitrogens with zero attached hydrogens (tertiary/aromatic N) is 7. The third-order valence-electron chi connectivity index (χ3n) is 8.49. The average Bonchev–Trinajstić information content (AvgIpc) is 3.62. The number of aromatic nitrogens is 5. The maximum Gasteiger partial charge on any atom is 0.451 e. The van der Waals surface area contributed by atoms with Gasteiger partial charge in [0.2, 0.25) is 11.8 Å². The van der Waals surface area contributed by atoms with E-state index in [1.54, 1.807) is 11.3 Å². The van der Waals surface area contributed by atoms with Crippen LogP contribution in [0.2, 0.25) is 18.1 Å². The first-order valence-corrected chi connectivity index (χ1v) is 18.2. The highest BCUT2D eigenvalue weighted by Gasteiger charge is 2.40. The monoisotopic (exact) mass is 610 g/mol. The van der Waals surface area contributed by atoms with Gasteiger partial charge in [0.1, 0.15) is 10.6 Å². The Labute approximate surface area is 244 Å². The molecule has 1 N–H and O–H groups in total. The maximum atomic E-state index is 13.4. The Morgan fingerprint density at radius 1 is 1.10 bits per heavy atom. The lowest BCUT2D eigenvalue weighted by Crippen LogP contribution is -2.43. The van der Waals surface area contributed by atoms with E-state index in [1.807, 2.05) is 4.90 Å². The summed E-state index contributed by atoms with van der Waals surface area (Å²) in [6.07, 6.45) is -1.57. The molecule has 0 amide bonds. The van der Waals surface area contributed by atoms with Gasteiger partial charge in [0.25, 0.3) is 0 Å². The lowest BCUT2D eigenvalue weighted by molar-refractivity contribution is -0.147. The van der Waals surface area contributed by atoms with Gasteiger partial charge in [-0.2, -0.15) is 18.2 Å². The van der Waals surface area contributed by atoms with Crippen molar-refractivity contribution in [1.29, 1.82) is 0 Å². The Morgan fingerprint density at radius 2 is 1.88 bits per heavy atom. The molecule has 1 atom stereocenters. The van der Waals surface area contributed by atoms with E-state index in [1.165, 1.54) is 9.44 Å². The van der Waals surface area contributed by atoms with Crippen LogP contribution in [0.4, 0.5) is 24.9 Å². The standard InChI is InChI=1S/C27H41F3N8OSSi/c1-7-8-19-15-20-22(36-12-13-38-21(17-36)34-35-24(38)27(28,29)30)32-25(33-23(20)40-19)37-11-9-18(16-37)31-10-14-39-41(5,6)26(2,3)4/h15,18,31H,7-14,16-17H2,1-6H3. The highest BCUT2D eigenvalue weighted by molar-refractivity contribution is 7.18. The molecule has 3 aromatic rings. The molecule has 0 saturated carbocycles. The number of thiophene rings is 1. The summed E-state index contributed by atoms with van der Waals surface area (Å²) in [5.41, 5.74) is 0. The van der Waals surface area contributed by atoms with Gasteiger partial charge in [-0.15, -0.1) is 21.5 Å². The topological polar surface area (TPSA) is 84.2 Å². The number of hydrogen-bond acceptors (Lipinski definition) is 9. The number of alkyl halides is 3. The molecule has 41 heavy (non-hydrogen) atoms. The van der Waals surface area contributed by atoms with E-state index in [9.17, 15) is 13.2 Å². The molecule has 0 bridgehead atoms. The molecule has 0 aliphatic carbocycles. The minimum Gasteiger partial charge on any atom is -0.416 e. The van der Waals surface area contributed by atoms with E-state index in [-0.39, 0.29) is 18.1 Å². The number of rotatable bonds is 9. The molecule has 2 aliphatic heterocycles. The summed E-state index contributed by atoms with van der Waals surface area (Å²) in [5, 5.41) is 12.1. The third-order valence-corrected chi connectivity index (χ3v) is 14.1. The summed E-state index contributed by atoms with van der Waals surface area (Å²) in [6.45, 7) is 17.3. The molecule has 1 fully saturated rings. The lowest BCUT2D eigenvalue weighted by Gasteiger charge is -2.36. The largest absolute Gasteiger partial charge is 0.451 e. The second kappa shape index (κ2) is 11.4. The van der Waals surface area contributed by atoms with E-state index >= 15 is 0 Å². The van der Waals surface area contributed by atoms with Crippen LogP contribution in [0.1, 0.15) is 57.1 Å². The molecule has 9 nitrogen and oxygen atoms in total. The van der Waals surface area contributed by atoms with Crippen LogP contribution in [0.5, 0.6) is 0 Å². The van der Waals surface area contributed by atoms with Crippen LogP contribution in [-0.2, 0) is 30.1 Å². The van der Waals surface area contributed by atoms with E-state index in [0.29, 0.717) is 31.0 Å². The van der Waals surface area contributed by atoms with Gasteiger partial charge in [0, 0.05) is 50.2 Å². The van der Waals surface area contributed by atoms with Crippen molar-refractivity contribution in [3.63, 3.8) is 0 Å². The van der Waals surface area contributed by atoms with E-state index in [4.69, 9.17) is 14.4 Å². The summed E-state index contributed by atoms with van der Waals surface area (Å²) >= 11 is 1.67. The van der Waals surface area contributed by atoms with Crippen LogP contribution < -0.4 is 15.1 Å². The second-order valence-electron chi connectivity index (χ2n) is 12.5. The van der Waals surface area contributed by atoms with Crippen LogP contribution in [-0.4, -0.2) is 71.9 Å². The van der Waals surface area contributed by atoms with Crippen LogP contribution in [0.3, 0.4) is 0 Å². The van der Waals surface area contributed by atoms with Gasteiger partial charge in [0.05, 0.1) is 11.9 Å². The zero-order valence-electron chi connectivity index (χ0n) is 24.8. The molecular formula is C27H41F3N8OSSi. The van der Waals surface area contributed by atoms with E-state index in [0.717, 1.165) is 54.9 Å². The smallest absolute Gasteiger partial charge is 0.416 e. The van der Waals surface area contributed by atoms with Crippen LogP contribution in [0.25, 0.3) is 10.2 Å². The minimum atomic E-state index is -4.53. The van der Waals surface area contributed by atoms with Gasteiger partial charge in [-0.3, -0.25) is 0 Å². The molecule has 14 heteroatoms. The summed E-state index contributed by atoms with van der Waals surface area (Å²) < 4.78 is 47.7. The number of anilines is 2. The molecule has 0 spiro atoms.